The van der Waals surface area contributed by atoms with Gasteiger partial charge in [-0.15, -0.1) is 0 Å². The SMILES string of the molecule is Oc1cccc(Cc2c[nH]c3ncc(-c4ccsc4)cc23)c1. The van der Waals surface area contributed by atoms with Crippen LogP contribution in [0.25, 0.3) is 22.2 Å². The molecule has 0 saturated carbocycles. The Balaban J connectivity index is 1.76. The number of hydrogen-bond acceptors (Lipinski definition) is 3. The number of fused-ring (bicyclic) bond motifs is 1. The van der Waals surface area contributed by atoms with E-state index >= 15 is 0 Å². The molecular weight excluding hydrogens is 292 g/mol. The number of phenolic OH excluding ortho intramolecular Hbond substituents is 1. The highest BCUT2D eigenvalue weighted by molar-refractivity contribution is 7.08. The van der Waals surface area contributed by atoms with Crippen molar-refractivity contribution >= 4 is 22.4 Å². The number of nitrogens with one attached hydrogen (secondary N) is 1. The smallest absolute Gasteiger partial charge is 0.137 e. The summed E-state index contributed by atoms with van der Waals surface area (Å²) in [6, 6.07) is 11.7. The van der Waals surface area contributed by atoms with Crippen molar-refractivity contribution in [2.24, 2.45) is 0 Å². The first-order valence-electron chi connectivity index (χ1n) is 7.06. The molecule has 0 aliphatic heterocycles. The van der Waals surface area contributed by atoms with E-state index < -0.39 is 0 Å². The van der Waals surface area contributed by atoms with Gasteiger partial charge in [0, 0.05) is 23.3 Å². The van der Waals surface area contributed by atoms with E-state index in [9.17, 15) is 5.11 Å². The van der Waals surface area contributed by atoms with Crippen LogP contribution in [0, 0.1) is 0 Å². The summed E-state index contributed by atoms with van der Waals surface area (Å²) in [4.78, 5) is 7.74. The molecule has 0 saturated heterocycles. The third kappa shape index (κ3) is 2.38. The molecule has 0 radical (unpaired) electrons. The molecule has 108 valence electrons. The quantitative estimate of drug-likeness (QED) is 0.581. The third-order valence-corrected chi connectivity index (χ3v) is 4.46. The molecule has 0 amide bonds. The number of aromatic nitrogens is 2. The van der Waals surface area contributed by atoms with E-state index in [0.29, 0.717) is 5.75 Å². The monoisotopic (exact) mass is 306 g/mol. The fourth-order valence-corrected chi connectivity index (χ4v) is 3.34. The average molecular weight is 306 g/mol. The lowest BCUT2D eigenvalue weighted by Crippen LogP contribution is -1.87. The highest BCUT2D eigenvalue weighted by Crippen LogP contribution is 2.27. The van der Waals surface area contributed by atoms with Gasteiger partial charge in [0.2, 0.25) is 0 Å². The number of thiophene rings is 1. The van der Waals surface area contributed by atoms with Crippen LogP contribution in [0.5, 0.6) is 5.75 Å². The van der Waals surface area contributed by atoms with Crippen LogP contribution in [0.3, 0.4) is 0 Å². The number of pyridine rings is 1. The highest BCUT2D eigenvalue weighted by Gasteiger charge is 2.08. The lowest BCUT2D eigenvalue weighted by Gasteiger charge is -2.03. The number of benzene rings is 1. The maximum Gasteiger partial charge on any atom is 0.137 e. The van der Waals surface area contributed by atoms with Crippen LogP contribution in [-0.4, -0.2) is 15.1 Å². The van der Waals surface area contributed by atoms with Crippen molar-refractivity contribution in [2.75, 3.05) is 0 Å². The number of phenols is 1. The highest BCUT2D eigenvalue weighted by atomic mass is 32.1. The molecule has 0 bridgehead atoms. The molecule has 22 heavy (non-hydrogen) atoms. The molecule has 4 rings (SSSR count). The van der Waals surface area contributed by atoms with Crippen LogP contribution in [-0.2, 0) is 6.42 Å². The predicted octanol–water partition coefficient (Wildman–Crippen LogP) is 4.59. The Morgan fingerprint density at radius 2 is 2.09 bits per heavy atom. The molecule has 1 aromatic carbocycles. The Kier molecular flexibility index (Phi) is 3.16. The number of aromatic amines is 1. The average Bonchev–Trinajstić information content (AvgIpc) is 3.17. The summed E-state index contributed by atoms with van der Waals surface area (Å²) in [7, 11) is 0. The van der Waals surface area contributed by atoms with E-state index in [2.05, 4.69) is 32.9 Å². The molecular formula is C18H14N2OS. The van der Waals surface area contributed by atoms with Gasteiger partial charge in [0.05, 0.1) is 0 Å². The molecule has 3 aromatic heterocycles. The summed E-state index contributed by atoms with van der Waals surface area (Å²) >= 11 is 1.69. The largest absolute Gasteiger partial charge is 0.508 e. The number of H-pyrrole nitrogens is 1. The van der Waals surface area contributed by atoms with E-state index in [1.165, 1.54) is 11.1 Å². The molecule has 0 aliphatic carbocycles. The molecule has 0 aliphatic rings. The Labute approximate surface area is 131 Å². The van der Waals surface area contributed by atoms with Crippen molar-refractivity contribution in [1.29, 1.82) is 0 Å². The van der Waals surface area contributed by atoms with Crippen molar-refractivity contribution in [3.05, 3.63) is 70.7 Å². The summed E-state index contributed by atoms with van der Waals surface area (Å²) in [5, 5.41) is 14.9. The van der Waals surface area contributed by atoms with Crippen LogP contribution in [0.2, 0.25) is 0 Å². The van der Waals surface area contributed by atoms with E-state index in [0.717, 1.165) is 28.6 Å². The Morgan fingerprint density at radius 3 is 2.91 bits per heavy atom. The zero-order valence-corrected chi connectivity index (χ0v) is 12.6. The van der Waals surface area contributed by atoms with Gasteiger partial charge in [0.25, 0.3) is 0 Å². The summed E-state index contributed by atoms with van der Waals surface area (Å²) in [5.41, 5.74) is 5.50. The molecule has 4 heteroatoms. The minimum Gasteiger partial charge on any atom is -0.508 e. The first kappa shape index (κ1) is 13.1. The van der Waals surface area contributed by atoms with Crippen LogP contribution in [0.1, 0.15) is 11.1 Å². The maximum atomic E-state index is 9.61. The molecule has 0 unspecified atom stereocenters. The first-order valence-corrected chi connectivity index (χ1v) is 8.00. The van der Waals surface area contributed by atoms with E-state index in [4.69, 9.17) is 0 Å². The van der Waals surface area contributed by atoms with E-state index in [1.807, 2.05) is 24.5 Å². The fourth-order valence-electron chi connectivity index (χ4n) is 2.68. The second-order valence-corrected chi connectivity index (χ2v) is 6.07. The van der Waals surface area contributed by atoms with Crippen LogP contribution in [0.4, 0.5) is 0 Å². The van der Waals surface area contributed by atoms with Gasteiger partial charge in [-0.3, -0.25) is 0 Å². The van der Waals surface area contributed by atoms with Gasteiger partial charge >= 0.3 is 0 Å². The van der Waals surface area contributed by atoms with Crippen molar-refractivity contribution in [2.45, 2.75) is 6.42 Å². The molecule has 2 N–H and O–H groups in total. The van der Waals surface area contributed by atoms with Crippen LogP contribution in [0.15, 0.2) is 59.6 Å². The summed E-state index contributed by atoms with van der Waals surface area (Å²) in [6.07, 6.45) is 4.67. The number of nitrogens with zero attached hydrogens (tertiary/aromatic N) is 1. The van der Waals surface area contributed by atoms with Gasteiger partial charge in [0.1, 0.15) is 11.4 Å². The van der Waals surface area contributed by atoms with Crippen LogP contribution >= 0.6 is 11.3 Å². The third-order valence-electron chi connectivity index (χ3n) is 3.78. The van der Waals surface area contributed by atoms with Gasteiger partial charge in [-0.25, -0.2) is 4.98 Å². The van der Waals surface area contributed by atoms with Gasteiger partial charge in [-0.1, -0.05) is 12.1 Å². The molecule has 0 fully saturated rings. The minimum absolute atomic E-state index is 0.300. The van der Waals surface area contributed by atoms with Crippen molar-refractivity contribution in [3.8, 4) is 16.9 Å². The molecule has 0 spiro atoms. The first-order chi connectivity index (χ1) is 10.8. The van der Waals surface area contributed by atoms with Gasteiger partial charge < -0.3 is 10.1 Å². The fraction of sp³-hybridized carbons (Fsp3) is 0.0556. The molecule has 0 atom stereocenters. The Hall–Kier alpha value is -2.59. The maximum absolute atomic E-state index is 9.61. The van der Waals surface area contributed by atoms with E-state index in [-0.39, 0.29) is 0 Å². The minimum atomic E-state index is 0.300. The van der Waals surface area contributed by atoms with E-state index in [1.54, 1.807) is 23.5 Å². The molecule has 3 heterocycles. The number of aromatic hydroxyl groups is 1. The number of hydrogen-bond donors (Lipinski definition) is 2. The van der Waals surface area contributed by atoms with Crippen molar-refractivity contribution in [1.82, 2.24) is 9.97 Å². The predicted molar refractivity (Wildman–Crippen MR) is 90.3 cm³/mol. The summed E-state index contributed by atoms with van der Waals surface area (Å²) in [6.45, 7) is 0. The zero-order chi connectivity index (χ0) is 14.9. The Morgan fingerprint density at radius 1 is 1.14 bits per heavy atom. The lowest BCUT2D eigenvalue weighted by atomic mass is 10.0. The van der Waals surface area contributed by atoms with Crippen molar-refractivity contribution < 1.29 is 5.11 Å². The number of rotatable bonds is 3. The topological polar surface area (TPSA) is 48.9 Å². The molecule has 4 aromatic rings. The van der Waals surface area contributed by atoms with Crippen molar-refractivity contribution in [3.63, 3.8) is 0 Å². The van der Waals surface area contributed by atoms with Gasteiger partial charge in [-0.2, -0.15) is 11.3 Å². The second kappa shape index (κ2) is 5.31. The normalized spacial score (nSPS) is 11.1. The Bertz CT molecular complexity index is 925. The summed E-state index contributed by atoms with van der Waals surface area (Å²) < 4.78 is 0. The zero-order valence-electron chi connectivity index (χ0n) is 11.8. The van der Waals surface area contributed by atoms with Gasteiger partial charge in [-0.05, 0) is 58.1 Å². The lowest BCUT2D eigenvalue weighted by molar-refractivity contribution is 0.474. The standard InChI is InChI=1S/C18H14N2OS/c21-16-3-1-2-12(7-16)6-15-10-20-18-17(15)8-14(9-19-18)13-4-5-22-11-13/h1-5,7-11,21H,6H2,(H,19,20). The summed E-state index contributed by atoms with van der Waals surface area (Å²) in [5.74, 6) is 0.300. The second-order valence-electron chi connectivity index (χ2n) is 5.29. The van der Waals surface area contributed by atoms with Crippen LogP contribution < -0.4 is 0 Å². The van der Waals surface area contributed by atoms with Gasteiger partial charge in [0.15, 0.2) is 0 Å². The molecule has 3 nitrogen and oxygen atoms in total.